The molecule has 5 rings (SSSR count). The average molecular weight is 326 g/mol. The van der Waals surface area contributed by atoms with Crippen LogP contribution in [0.25, 0.3) is 22.6 Å². The highest BCUT2D eigenvalue weighted by molar-refractivity contribution is 5.63. The van der Waals surface area contributed by atoms with Crippen molar-refractivity contribution < 1.29 is 4.57 Å². The number of aryl methyl sites for hydroxylation is 2. The Kier molecular flexibility index (Phi) is 3.37. The minimum Gasteiger partial charge on any atom is -0.197 e. The van der Waals surface area contributed by atoms with Gasteiger partial charge in [0.25, 0.3) is 0 Å². The lowest BCUT2D eigenvalue weighted by Crippen LogP contribution is -2.33. The van der Waals surface area contributed by atoms with Crippen molar-refractivity contribution in [1.82, 2.24) is 9.61 Å². The third kappa shape index (κ3) is 2.35. The maximum atomic E-state index is 5.01. The Bertz CT molecular complexity index is 1030. The van der Waals surface area contributed by atoms with E-state index in [1.807, 2.05) is 0 Å². The summed E-state index contributed by atoms with van der Waals surface area (Å²) in [6.45, 7) is 0. The van der Waals surface area contributed by atoms with Gasteiger partial charge in [0.1, 0.15) is 11.9 Å². The Balaban J connectivity index is 1.84. The van der Waals surface area contributed by atoms with Gasteiger partial charge in [-0.1, -0.05) is 58.1 Å². The Labute approximate surface area is 147 Å². The van der Waals surface area contributed by atoms with Crippen LogP contribution in [0, 0.1) is 0 Å². The number of hydrogen-bond donors (Lipinski definition) is 0. The molecule has 0 unspecified atom stereocenters. The molecule has 0 radical (unpaired) electrons. The molecular formula is C22H20N3+. The van der Waals surface area contributed by atoms with E-state index in [9.17, 15) is 0 Å². The molecule has 25 heavy (non-hydrogen) atoms. The summed E-state index contributed by atoms with van der Waals surface area (Å²) in [5.41, 5.74) is 7.42. The highest BCUT2D eigenvalue weighted by atomic mass is 15.3. The zero-order valence-electron chi connectivity index (χ0n) is 14.1. The first-order chi connectivity index (χ1) is 12.4. The SMILES string of the molecule is c1ccc(-c2cc[n+](-c3ccccc3)c3c4c(nn23)CCCC4)cc1. The lowest BCUT2D eigenvalue weighted by Gasteiger charge is -2.08. The average Bonchev–Trinajstić information content (AvgIpc) is 3.08. The third-order valence-electron chi connectivity index (χ3n) is 5.07. The molecule has 0 saturated carbocycles. The first-order valence-corrected chi connectivity index (χ1v) is 8.98. The number of nitrogens with zero attached hydrogens (tertiary/aromatic N) is 3. The van der Waals surface area contributed by atoms with Gasteiger partial charge in [-0.05, 0) is 37.8 Å². The second kappa shape index (κ2) is 5.85. The summed E-state index contributed by atoms with van der Waals surface area (Å²) in [5.74, 6) is 0. The summed E-state index contributed by atoms with van der Waals surface area (Å²) in [7, 11) is 0. The van der Waals surface area contributed by atoms with Gasteiger partial charge in [0.2, 0.25) is 0 Å². The zero-order chi connectivity index (χ0) is 16.6. The van der Waals surface area contributed by atoms with Crippen LogP contribution in [0.2, 0.25) is 0 Å². The summed E-state index contributed by atoms with van der Waals surface area (Å²) >= 11 is 0. The van der Waals surface area contributed by atoms with Crippen LogP contribution in [0.3, 0.4) is 0 Å². The van der Waals surface area contributed by atoms with E-state index < -0.39 is 0 Å². The van der Waals surface area contributed by atoms with Gasteiger partial charge >= 0.3 is 5.65 Å². The summed E-state index contributed by atoms with van der Waals surface area (Å²) in [5, 5.41) is 5.01. The standard InChI is InChI=1S/C22H20N3/c1-3-9-17(10-4-1)21-15-16-24(18-11-5-2-6-12-18)22-19-13-7-8-14-20(19)23-25(21)22/h1-6,9-12,15-16H,7-8,13-14H2/q+1. The van der Waals surface area contributed by atoms with Crippen molar-refractivity contribution in [2.24, 2.45) is 0 Å². The van der Waals surface area contributed by atoms with Crippen LogP contribution in [0.15, 0.2) is 72.9 Å². The molecule has 0 amide bonds. The van der Waals surface area contributed by atoms with Crippen LogP contribution in [0.4, 0.5) is 0 Å². The van der Waals surface area contributed by atoms with Crippen molar-refractivity contribution in [3.8, 4) is 16.9 Å². The van der Waals surface area contributed by atoms with E-state index in [4.69, 9.17) is 5.10 Å². The van der Waals surface area contributed by atoms with Crippen LogP contribution in [0.1, 0.15) is 24.1 Å². The number of rotatable bonds is 2. The van der Waals surface area contributed by atoms with Gasteiger partial charge in [0.05, 0.1) is 11.3 Å². The first-order valence-electron chi connectivity index (χ1n) is 8.98. The fourth-order valence-corrected chi connectivity index (χ4v) is 3.86. The summed E-state index contributed by atoms with van der Waals surface area (Å²) in [6, 6.07) is 23.3. The smallest absolute Gasteiger partial charge is 0.197 e. The highest BCUT2D eigenvalue weighted by Crippen LogP contribution is 2.27. The van der Waals surface area contributed by atoms with Gasteiger partial charge in [0.15, 0.2) is 5.69 Å². The van der Waals surface area contributed by atoms with Crippen molar-refractivity contribution in [3.63, 3.8) is 0 Å². The van der Waals surface area contributed by atoms with E-state index in [2.05, 4.69) is 82.0 Å². The minimum atomic E-state index is 1.08. The maximum Gasteiger partial charge on any atom is 0.317 e. The molecule has 4 aromatic rings. The molecule has 0 aliphatic heterocycles. The molecule has 0 fully saturated rings. The van der Waals surface area contributed by atoms with E-state index in [0.29, 0.717) is 0 Å². The van der Waals surface area contributed by atoms with E-state index >= 15 is 0 Å². The fourth-order valence-electron chi connectivity index (χ4n) is 3.86. The van der Waals surface area contributed by atoms with Gasteiger partial charge in [-0.2, -0.15) is 4.57 Å². The largest absolute Gasteiger partial charge is 0.317 e. The minimum absolute atomic E-state index is 1.08. The van der Waals surface area contributed by atoms with Crippen molar-refractivity contribution in [2.45, 2.75) is 25.7 Å². The van der Waals surface area contributed by atoms with Gasteiger partial charge in [-0.3, -0.25) is 0 Å². The van der Waals surface area contributed by atoms with Crippen LogP contribution in [0.5, 0.6) is 0 Å². The van der Waals surface area contributed by atoms with Crippen molar-refractivity contribution >= 4 is 5.65 Å². The molecule has 1 aliphatic rings. The molecular weight excluding hydrogens is 306 g/mol. The Hall–Kier alpha value is -2.94. The fraction of sp³-hybridized carbons (Fsp3) is 0.182. The Morgan fingerprint density at radius 3 is 2.32 bits per heavy atom. The van der Waals surface area contributed by atoms with E-state index in [-0.39, 0.29) is 0 Å². The van der Waals surface area contributed by atoms with Gasteiger partial charge in [-0.25, -0.2) is 0 Å². The first kappa shape index (κ1) is 14.4. The predicted molar refractivity (Wildman–Crippen MR) is 98.8 cm³/mol. The highest BCUT2D eigenvalue weighted by Gasteiger charge is 2.27. The topological polar surface area (TPSA) is 21.2 Å². The molecule has 0 bridgehead atoms. The molecule has 2 heterocycles. The number of fused-ring (bicyclic) bond motifs is 3. The zero-order valence-corrected chi connectivity index (χ0v) is 14.1. The predicted octanol–water partition coefficient (Wildman–Crippen LogP) is 4.16. The lowest BCUT2D eigenvalue weighted by atomic mass is 9.98. The second-order valence-corrected chi connectivity index (χ2v) is 6.64. The Morgan fingerprint density at radius 2 is 1.52 bits per heavy atom. The lowest BCUT2D eigenvalue weighted by molar-refractivity contribution is -0.571. The quantitative estimate of drug-likeness (QED) is 0.507. The molecule has 0 spiro atoms. The summed E-state index contributed by atoms with van der Waals surface area (Å²) in [6.07, 6.45) is 6.87. The van der Waals surface area contributed by atoms with E-state index in [0.717, 1.165) is 18.5 Å². The van der Waals surface area contributed by atoms with Gasteiger partial charge in [0, 0.05) is 11.6 Å². The van der Waals surface area contributed by atoms with Crippen molar-refractivity contribution in [2.75, 3.05) is 0 Å². The van der Waals surface area contributed by atoms with Crippen LogP contribution >= 0.6 is 0 Å². The van der Waals surface area contributed by atoms with Gasteiger partial charge in [-0.15, -0.1) is 0 Å². The number of aromatic nitrogens is 3. The molecule has 2 aromatic carbocycles. The summed E-state index contributed by atoms with van der Waals surface area (Å²) in [4.78, 5) is 0. The molecule has 3 heteroatoms. The van der Waals surface area contributed by atoms with Gasteiger partial charge < -0.3 is 0 Å². The molecule has 0 atom stereocenters. The summed E-state index contributed by atoms with van der Waals surface area (Å²) < 4.78 is 4.43. The molecule has 0 saturated heterocycles. The molecule has 122 valence electrons. The monoisotopic (exact) mass is 326 g/mol. The number of benzene rings is 2. The van der Waals surface area contributed by atoms with Crippen molar-refractivity contribution in [3.05, 3.63) is 84.2 Å². The van der Waals surface area contributed by atoms with E-state index in [1.165, 1.54) is 41.0 Å². The van der Waals surface area contributed by atoms with Crippen LogP contribution in [-0.4, -0.2) is 9.61 Å². The molecule has 1 aliphatic carbocycles. The van der Waals surface area contributed by atoms with Crippen LogP contribution < -0.4 is 4.57 Å². The maximum absolute atomic E-state index is 5.01. The third-order valence-corrected chi connectivity index (χ3v) is 5.07. The second-order valence-electron chi connectivity index (χ2n) is 6.64. The van der Waals surface area contributed by atoms with Crippen molar-refractivity contribution in [1.29, 1.82) is 0 Å². The molecule has 2 aromatic heterocycles. The normalized spacial score (nSPS) is 13.8. The van der Waals surface area contributed by atoms with Crippen LogP contribution in [-0.2, 0) is 12.8 Å². The number of para-hydroxylation sites is 1. The van der Waals surface area contributed by atoms with E-state index in [1.54, 1.807) is 0 Å². The molecule has 0 N–H and O–H groups in total. The Morgan fingerprint density at radius 1 is 0.800 bits per heavy atom. The molecule has 3 nitrogen and oxygen atoms in total. The number of hydrogen-bond acceptors (Lipinski definition) is 1.